The second-order valence-electron chi connectivity index (χ2n) is 2.23. The summed E-state index contributed by atoms with van der Waals surface area (Å²) in [7, 11) is 3.63. The molecule has 2 heteroatoms. The van der Waals surface area contributed by atoms with Crippen LogP contribution in [0.25, 0.3) is 0 Å². The van der Waals surface area contributed by atoms with Gasteiger partial charge in [0.05, 0.1) is 13.2 Å². The van der Waals surface area contributed by atoms with Crippen LogP contribution in [0.5, 0.6) is 0 Å². The van der Waals surface area contributed by atoms with Crippen LogP contribution in [0.15, 0.2) is 11.8 Å². The lowest BCUT2D eigenvalue weighted by Gasteiger charge is -2.13. The van der Waals surface area contributed by atoms with Crippen LogP contribution in [0.4, 0.5) is 0 Å². The Kier molecular flexibility index (Phi) is 5.03. The lowest BCUT2D eigenvalue weighted by molar-refractivity contribution is 0.258. The molecule has 0 heterocycles. The average Bonchev–Trinajstić information content (AvgIpc) is 1.99. The van der Waals surface area contributed by atoms with Gasteiger partial charge in [0.1, 0.15) is 5.76 Å². The van der Waals surface area contributed by atoms with Crippen molar-refractivity contribution in [2.24, 2.45) is 0 Å². The van der Waals surface area contributed by atoms with Crippen LogP contribution in [0.1, 0.15) is 20.3 Å². The topological polar surface area (TPSA) is 21.3 Å². The zero-order valence-electron chi connectivity index (χ0n) is 7.27. The smallest absolute Gasteiger partial charge is 0.108 e. The minimum absolute atomic E-state index is 0.324. The summed E-state index contributed by atoms with van der Waals surface area (Å²) in [6, 6.07) is 0.324. The molecule has 0 rings (SSSR count). The third-order valence-electron chi connectivity index (χ3n) is 1.50. The molecular weight excluding hydrogens is 126 g/mol. The predicted molar refractivity (Wildman–Crippen MR) is 43.9 cm³/mol. The molecule has 1 atom stereocenters. The number of likely N-dealkylation sites (N-methyl/N-ethyl adjacent to an activating group) is 1. The zero-order chi connectivity index (χ0) is 7.98. The Hall–Kier alpha value is -0.500. The van der Waals surface area contributed by atoms with Crippen molar-refractivity contribution in [1.82, 2.24) is 5.32 Å². The third-order valence-corrected chi connectivity index (χ3v) is 1.50. The van der Waals surface area contributed by atoms with Gasteiger partial charge < -0.3 is 10.1 Å². The van der Waals surface area contributed by atoms with Gasteiger partial charge in [0.2, 0.25) is 0 Å². The minimum atomic E-state index is 0.324. The van der Waals surface area contributed by atoms with E-state index >= 15 is 0 Å². The van der Waals surface area contributed by atoms with Crippen molar-refractivity contribution in [3.05, 3.63) is 11.8 Å². The number of nitrogens with one attached hydrogen (secondary N) is 1. The molecule has 0 saturated heterocycles. The Morgan fingerprint density at radius 2 is 2.30 bits per heavy atom. The van der Waals surface area contributed by atoms with Gasteiger partial charge >= 0.3 is 0 Å². The van der Waals surface area contributed by atoms with E-state index in [4.69, 9.17) is 4.74 Å². The van der Waals surface area contributed by atoms with Crippen LogP contribution in [-0.4, -0.2) is 20.2 Å². The number of ether oxygens (including phenoxy) is 1. The van der Waals surface area contributed by atoms with Gasteiger partial charge in [0.15, 0.2) is 0 Å². The molecule has 10 heavy (non-hydrogen) atoms. The molecule has 0 aromatic carbocycles. The molecule has 0 bridgehead atoms. The van der Waals surface area contributed by atoms with Crippen LogP contribution in [0.3, 0.4) is 0 Å². The fraction of sp³-hybridized carbons (Fsp3) is 0.750. The summed E-state index contributed by atoms with van der Waals surface area (Å²) in [5, 5.41) is 3.11. The van der Waals surface area contributed by atoms with E-state index in [1.807, 2.05) is 7.05 Å². The number of methoxy groups -OCH3 is 1. The van der Waals surface area contributed by atoms with E-state index in [9.17, 15) is 0 Å². The summed E-state index contributed by atoms with van der Waals surface area (Å²) in [5.41, 5.74) is 0. The minimum Gasteiger partial charge on any atom is -0.500 e. The molecule has 1 N–H and O–H groups in total. The van der Waals surface area contributed by atoms with Crippen molar-refractivity contribution >= 4 is 0 Å². The molecular formula is C8H17NO. The van der Waals surface area contributed by atoms with Gasteiger partial charge in [0, 0.05) is 0 Å². The first-order chi connectivity index (χ1) is 4.76. The highest BCUT2D eigenvalue weighted by atomic mass is 16.5. The zero-order valence-corrected chi connectivity index (χ0v) is 7.27. The Balaban J connectivity index is 3.92. The fourth-order valence-corrected chi connectivity index (χ4v) is 0.780. The second-order valence-corrected chi connectivity index (χ2v) is 2.23. The van der Waals surface area contributed by atoms with Crippen LogP contribution < -0.4 is 5.32 Å². The van der Waals surface area contributed by atoms with E-state index in [-0.39, 0.29) is 0 Å². The largest absolute Gasteiger partial charge is 0.500 e. The van der Waals surface area contributed by atoms with E-state index in [0.717, 1.165) is 12.2 Å². The summed E-state index contributed by atoms with van der Waals surface area (Å²) in [5.74, 6) is 1.02. The van der Waals surface area contributed by atoms with Gasteiger partial charge in [-0.3, -0.25) is 0 Å². The Bertz CT molecular complexity index is 110. The van der Waals surface area contributed by atoms with Crippen molar-refractivity contribution in [2.45, 2.75) is 26.3 Å². The first-order valence-corrected chi connectivity index (χ1v) is 3.67. The van der Waals surface area contributed by atoms with Crippen molar-refractivity contribution in [2.75, 3.05) is 14.2 Å². The molecule has 0 aliphatic rings. The van der Waals surface area contributed by atoms with Gasteiger partial charge in [-0.15, -0.1) is 0 Å². The second kappa shape index (κ2) is 5.30. The molecule has 0 spiro atoms. The van der Waals surface area contributed by atoms with Gasteiger partial charge in [-0.2, -0.15) is 0 Å². The van der Waals surface area contributed by atoms with Crippen LogP contribution >= 0.6 is 0 Å². The molecule has 2 nitrogen and oxygen atoms in total. The molecule has 0 fully saturated rings. The average molecular weight is 143 g/mol. The molecule has 0 aliphatic heterocycles. The third kappa shape index (κ3) is 2.87. The summed E-state index contributed by atoms with van der Waals surface area (Å²) in [6.07, 6.45) is 3.11. The molecule has 0 aromatic heterocycles. The number of hydrogen-bond donors (Lipinski definition) is 1. The van der Waals surface area contributed by atoms with Crippen LogP contribution in [0, 0.1) is 0 Å². The quantitative estimate of drug-likeness (QED) is 0.603. The molecule has 0 aromatic rings. The highest BCUT2D eigenvalue weighted by Gasteiger charge is 2.03. The maximum Gasteiger partial charge on any atom is 0.108 e. The van der Waals surface area contributed by atoms with E-state index in [0.29, 0.717) is 6.04 Å². The van der Waals surface area contributed by atoms with E-state index in [2.05, 4.69) is 25.2 Å². The van der Waals surface area contributed by atoms with E-state index in [1.54, 1.807) is 7.11 Å². The van der Waals surface area contributed by atoms with Gasteiger partial charge in [-0.05, 0) is 26.5 Å². The van der Waals surface area contributed by atoms with Gasteiger partial charge in [0.25, 0.3) is 0 Å². The van der Waals surface area contributed by atoms with Crippen molar-refractivity contribution < 1.29 is 4.74 Å². The van der Waals surface area contributed by atoms with Gasteiger partial charge in [-0.25, -0.2) is 0 Å². The monoisotopic (exact) mass is 143 g/mol. The van der Waals surface area contributed by atoms with Gasteiger partial charge in [-0.1, -0.05) is 6.92 Å². The first-order valence-electron chi connectivity index (χ1n) is 3.67. The first kappa shape index (κ1) is 9.50. The summed E-state index contributed by atoms with van der Waals surface area (Å²) >= 11 is 0. The van der Waals surface area contributed by atoms with Crippen LogP contribution in [0.2, 0.25) is 0 Å². The maximum absolute atomic E-state index is 5.14. The highest BCUT2D eigenvalue weighted by molar-refractivity contribution is 5.00. The SMILES string of the molecule is CC/C=C(/OC)C(C)NC. The maximum atomic E-state index is 5.14. The van der Waals surface area contributed by atoms with E-state index < -0.39 is 0 Å². The predicted octanol–water partition coefficient (Wildman–Crippen LogP) is 1.53. The number of allylic oxidation sites excluding steroid dienone is 1. The number of hydrogen-bond acceptors (Lipinski definition) is 2. The molecule has 0 saturated carbocycles. The van der Waals surface area contributed by atoms with Crippen LogP contribution in [-0.2, 0) is 4.74 Å². The molecule has 1 unspecified atom stereocenters. The highest BCUT2D eigenvalue weighted by Crippen LogP contribution is 2.02. The summed E-state index contributed by atoms with van der Waals surface area (Å²) in [4.78, 5) is 0. The van der Waals surface area contributed by atoms with Crippen molar-refractivity contribution in [3.63, 3.8) is 0 Å². The molecule has 0 amide bonds. The Labute approximate surface area is 63.3 Å². The lowest BCUT2D eigenvalue weighted by Crippen LogP contribution is -2.24. The normalized spacial score (nSPS) is 15.0. The number of rotatable bonds is 4. The molecule has 0 radical (unpaired) electrons. The van der Waals surface area contributed by atoms with Crippen molar-refractivity contribution in [1.29, 1.82) is 0 Å². The lowest BCUT2D eigenvalue weighted by atomic mass is 10.2. The summed E-state index contributed by atoms with van der Waals surface area (Å²) < 4.78 is 5.14. The Morgan fingerprint density at radius 1 is 1.70 bits per heavy atom. The molecule has 60 valence electrons. The summed E-state index contributed by atoms with van der Waals surface area (Å²) in [6.45, 7) is 4.17. The fourth-order valence-electron chi connectivity index (χ4n) is 0.780. The standard InChI is InChI=1S/C8H17NO/c1-5-6-8(10-4)7(2)9-3/h6-7,9H,5H2,1-4H3/b8-6+. The van der Waals surface area contributed by atoms with Crippen molar-refractivity contribution in [3.8, 4) is 0 Å². The van der Waals surface area contributed by atoms with E-state index in [1.165, 1.54) is 0 Å². The molecule has 0 aliphatic carbocycles. The Morgan fingerprint density at radius 3 is 2.60 bits per heavy atom.